The Hall–Kier alpha value is -1.38. The molecule has 22 heavy (non-hydrogen) atoms. The molecule has 0 bridgehead atoms. The molecule has 5 nitrogen and oxygen atoms in total. The SMILES string of the molecule is NCC(F)(F)CNC(=O)CC1Sc2ccc(Cl)cc2NC1=O. The Labute approximate surface area is 135 Å². The molecule has 0 saturated heterocycles. The largest absolute Gasteiger partial charge is 0.350 e. The van der Waals surface area contributed by atoms with Crippen LogP contribution in [0, 0.1) is 0 Å². The van der Waals surface area contributed by atoms with Gasteiger partial charge in [0.1, 0.15) is 0 Å². The molecule has 1 aliphatic heterocycles. The summed E-state index contributed by atoms with van der Waals surface area (Å²) in [7, 11) is 0. The number of hydrogen-bond donors (Lipinski definition) is 3. The Balaban J connectivity index is 1.95. The monoisotopic (exact) mass is 349 g/mol. The number of benzene rings is 1. The van der Waals surface area contributed by atoms with Crippen LogP contribution in [0.25, 0.3) is 0 Å². The molecule has 0 aromatic heterocycles. The first-order valence-corrected chi connectivity index (χ1v) is 7.68. The smallest absolute Gasteiger partial charge is 0.277 e. The Kier molecular flexibility index (Phi) is 5.25. The summed E-state index contributed by atoms with van der Waals surface area (Å²) in [5.74, 6) is -4.14. The second kappa shape index (κ2) is 6.80. The number of thioether (sulfide) groups is 1. The average Bonchev–Trinajstić information content (AvgIpc) is 2.46. The lowest BCUT2D eigenvalue weighted by atomic mass is 10.2. The van der Waals surface area contributed by atoms with Gasteiger partial charge < -0.3 is 16.4 Å². The van der Waals surface area contributed by atoms with E-state index in [9.17, 15) is 18.4 Å². The number of amides is 2. The molecule has 2 amide bonds. The predicted molar refractivity (Wildman–Crippen MR) is 81.4 cm³/mol. The molecule has 1 aromatic carbocycles. The zero-order valence-electron chi connectivity index (χ0n) is 11.4. The number of halogens is 3. The van der Waals surface area contributed by atoms with Crippen molar-refractivity contribution < 1.29 is 18.4 Å². The summed E-state index contributed by atoms with van der Waals surface area (Å²) in [4.78, 5) is 24.4. The number of anilines is 1. The van der Waals surface area contributed by atoms with E-state index in [1.807, 2.05) is 0 Å². The minimum absolute atomic E-state index is 0.195. The van der Waals surface area contributed by atoms with E-state index in [4.69, 9.17) is 17.3 Å². The fourth-order valence-corrected chi connectivity index (χ4v) is 3.06. The maximum Gasteiger partial charge on any atom is 0.277 e. The van der Waals surface area contributed by atoms with Crippen LogP contribution in [-0.4, -0.2) is 36.1 Å². The van der Waals surface area contributed by atoms with E-state index >= 15 is 0 Å². The highest BCUT2D eigenvalue weighted by Gasteiger charge is 2.31. The van der Waals surface area contributed by atoms with Crippen LogP contribution in [0.1, 0.15) is 6.42 Å². The molecule has 0 fully saturated rings. The van der Waals surface area contributed by atoms with Crippen LogP contribution in [0.15, 0.2) is 23.1 Å². The number of fused-ring (bicyclic) bond motifs is 1. The predicted octanol–water partition coefficient (Wildman–Crippen LogP) is 1.85. The molecule has 1 aliphatic rings. The molecule has 4 N–H and O–H groups in total. The summed E-state index contributed by atoms with van der Waals surface area (Å²) in [6, 6.07) is 5.01. The van der Waals surface area contributed by atoms with E-state index in [1.165, 1.54) is 11.8 Å². The van der Waals surface area contributed by atoms with E-state index in [1.54, 1.807) is 18.2 Å². The third kappa shape index (κ3) is 4.31. The van der Waals surface area contributed by atoms with Crippen molar-refractivity contribution in [2.75, 3.05) is 18.4 Å². The van der Waals surface area contributed by atoms with Crippen molar-refractivity contribution in [3.8, 4) is 0 Å². The quantitative estimate of drug-likeness (QED) is 0.757. The molecule has 2 rings (SSSR count). The molecule has 0 spiro atoms. The van der Waals surface area contributed by atoms with Crippen molar-refractivity contribution in [3.63, 3.8) is 0 Å². The van der Waals surface area contributed by atoms with Gasteiger partial charge in [-0.2, -0.15) is 0 Å². The minimum Gasteiger partial charge on any atom is -0.350 e. The number of hydrogen-bond acceptors (Lipinski definition) is 4. The zero-order valence-corrected chi connectivity index (χ0v) is 12.9. The second-order valence-electron chi connectivity index (χ2n) is 4.78. The maximum absolute atomic E-state index is 13.0. The summed E-state index contributed by atoms with van der Waals surface area (Å²) in [5.41, 5.74) is 5.46. The van der Waals surface area contributed by atoms with E-state index < -0.39 is 30.2 Å². The molecule has 1 unspecified atom stereocenters. The van der Waals surface area contributed by atoms with E-state index in [2.05, 4.69) is 10.6 Å². The van der Waals surface area contributed by atoms with Gasteiger partial charge >= 0.3 is 0 Å². The van der Waals surface area contributed by atoms with Crippen LogP contribution in [0.3, 0.4) is 0 Å². The van der Waals surface area contributed by atoms with Crippen LogP contribution in [0.4, 0.5) is 14.5 Å². The Morgan fingerprint density at radius 2 is 2.23 bits per heavy atom. The Morgan fingerprint density at radius 3 is 2.91 bits per heavy atom. The van der Waals surface area contributed by atoms with Crippen LogP contribution >= 0.6 is 23.4 Å². The molecule has 1 heterocycles. The number of nitrogens with two attached hydrogens (primary N) is 1. The first-order chi connectivity index (χ1) is 10.3. The molecule has 1 aromatic rings. The lowest BCUT2D eigenvalue weighted by molar-refractivity contribution is -0.125. The molecule has 0 aliphatic carbocycles. The number of carbonyl (C=O) groups excluding carboxylic acids is 2. The minimum atomic E-state index is -3.15. The van der Waals surface area contributed by atoms with Crippen LogP contribution in [0.5, 0.6) is 0 Å². The lowest BCUT2D eigenvalue weighted by Crippen LogP contribution is -2.43. The topological polar surface area (TPSA) is 84.2 Å². The van der Waals surface area contributed by atoms with Gasteiger partial charge in [-0.05, 0) is 18.2 Å². The van der Waals surface area contributed by atoms with Crippen LogP contribution < -0.4 is 16.4 Å². The molecule has 0 radical (unpaired) electrons. The van der Waals surface area contributed by atoms with Gasteiger partial charge in [0.25, 0.3) is 5.92 Å². The van der Waals surface area contributed by atoms with Gasteiger partial charge in [0.15, 0.2) is 0 Å². The van der Waals surface area contributed by atoms with Crippen molar-refractivity contribution >= 4 is 40.9 Å². The average molecular weight is 350 g/mol. The van der Waals surface area contributed by atoms with Gasteiger partial charge in [-0.1, -0.05) is 11.6 Å². The zero-order chi connectivity index (χ0) is 16.3. The Morgan fingerprint density at radius 1 is 1.50 bits per heavy atom. The normalized spacial score (nSPS) is 17.6. The highest BCUT2D eigenvalue weighted by molar-refractivity contribution is 8.01. The van der Waals surface area contributed by atoms with Gasteiger partial charge in [0, 0.05) is 16.3 Å². The van der Waals surface area contributed by atoms with Crippen LogP contribution in [0.2, 0.25) is 5.02 Å². The van der Waals surface area contributed by atoms with Crippen molar-refractivity contribution in [2.45, 2.75) is 22.5 Å². The lowest BCUT2D eigenvalue weighted by Gasteiger charge is -2.24. The van der Waals surface area contributed by atoms with E-state index in [0.29, 0.717) is 10.7 Å². The van der Waals surface area contributed by atoms with Crippen molar-refractivity contribution in [3.05, 3.63) is 23.2 Å². The fraction of sp³-hybridized carbons (Fsp3) is 0.385. The number of alkyl halides is 2. The van der Waals surface area contributed by atoms with Gasteiger partial charge in [-0.25, -0.2) is 8.78 Å². The van der Waals surface area contributed by atoms with Crippen molar-refractivity contribution in [1.82, 2.24) is 5.32 Å². The molecule has 9 heteroatoms. The third-order valence-electron chi connectivity index (χ3n) is 2.97. The van der Waals surface area contributed by atoms with Gasteiger partial charge in [-0.3, -0.25) is 9.59 Å². The molecular formula is C13H14ClF2N3O2S. The van der Waals surface area contributed by atoms with Gasteiger partial charge in [-0.15, -0.1) is 11.8 Å². The summed E-state index contributed by atoms with van der Waals surface area (Å²) in [6.45, 7) is -1.69. The standard InChI is InChI=1S/C13H14ClF2N3O2S/c14-7-1-2-9-8(3-7)19-12(21)10(22-9)4-11(20)18-6-13(15,16)5-17/h1-3,10H,4-6,17H2,(H,18,20)(H,19,21). The van der Waals surface area contributed by atoms with E-state index in [0.717, 1.165) is 4.90 Å². The number of carbonyl (C=O) groups is 2. The van der Waals surface area contributed by atoms with Crippen molar-refractivity contribution in [1.29, 1.82) is 0 Å². The summed E-state index contributed by atoms with van der Waals surface area (Å²) < 4.78 is 25.9. The molecule has 0 saturated carbocycles. The van der Waals surface area contributed by atoms with Gasteiger partial charge in [0.05, 0.1) is 24.0 Å². The summed E-state index contributed by atoms with van der Waals surface area (Å²) in [5, 5.41) is 4.54. The highest BCUT2D eigenvalue weighted by Crippen LogP contribution is 2.38. The van der Waals surface area contributed by atoms with Crippen molar-refractivity contribution in [2.24, 2.45) is 5.73 Å². The summed E-state index contributed by atoms with van der Waals surface area (Å²) in [6.07, 6.45) is -0.195. The second-order valence-corrected chi connectivity index (χ2v) is 6.46. The first-order valence-electron chi connectivity index (χ1n) is 6.42. The molecule has 120 valence electrons. The maximum atomic E-state index is 13.0. The molecular weight excluding hydrogens is 336 g/mol. The number of rotatable bonds is 5. The van der Waals surface area contributed by atoms with Gasteiger partial charge in [0.2, 0.25) is 11.8 Å². The number of nitrogens with one attached hydrogen (secondary N) is 2. The third-order valence-corrected chi connectivity index (χ3v) is 4.49. The first kappa shape index (κ1) is 17.0. The molecule has 1 atom stereocenters. The summed E-state index contributed by atoms with van der Waals surface area (Å²) >= 11 is 7.03. The fourth-order valence-electron chi connectivity index (χ4n) is 1.80. The van der Waals surface area contributed by atoms with E-state index in [-0.39, 0.29) is 12.3 Å². The highest BCUT2D eigenvalue weighted by atomic mass is 35.5. The Bertz CT molecular complexity index is 601. The van der Waals surface area contributed by atoms with Crippen LogP contribution in [-0.2, 0) is 9.59 Å².